The summed E-state index contributed by atoms with van der Waals surface area (Å²) in [7, 11) is 0. The predicted molar refractivity (Wildman–Crippen MR) is 62.6 cm³/mol. The lowest BCUT2D eigenvalue weighted by molar-refractivity contribution is -0.385. The third-order valence-corrected chi connectivity index (χ3v) is 2.90. The Bertz CT molecular complexity index is 454. The van der Waals surface area contributed by atoms with E-state index in [-0.39, 0.29) is 24.2 Å². The average molecular weight is 253 g/mol. The molecule has 1 amide bonds. The van der Waals surface area contributed by atoms with E-state index in [1.54, 1.807) is 0 Å². The minimum absolute atomic E-state index is 0.000840. The monoisotopic (exact) mass is 253 g/mol. The molecule has 1 heterocycles. The number of aromatic nitrogens is 2. The number of nitrogens with one attached hydrogen (secondary N) is 1. The first kappa shape index (κ1) is 12.5. The summed E-state index contributed by atoms with van der Waals surface area (Å²) in [6, 6.07) is 0.000840. The lowest BCUT2D eigenvalue weighted by atomic mass is 10.2. The van der Waals surface area contributed by atoms with Gasteiger partial charge >= 0.3 is 5.69 Å². The summed E-state index contributed by atoms with van der Waals surface area (Å²) < 4.78 is 1.23. The molecule has 0 saturated heterocycles. The van der Waals surface area contributed by atoms with Crippen molar-refractivity contribution in [3.63, 3.8) is 0 Å². The molecule has 1 aromatic rings. The second-order valence-electron chi connectivity index (χ2n) is 4.46. The number of hydrogen-bond donors (Lipinski definition) is 2. The Morgan fingerprint density at radius 1 is 1.72 bits per heavy atom. The number of nitro groups is 1. The van der Waals surface area contributed by atoms with Gasteiger partial charge in [-0.2, -0.15) is 5.10 Å². The van der Waals surface area contributed by atoms with E-state index >= 15 is 0 Å². The summed E-state index contributed by atoms with van der Waals surface area (Å²) in [6.07, 6.45) is 4.59. The van der Waals surface area contributed by atoms with Crippen LogP contribution < -0.4 is 11.1 Å². The molecule has 8 heteroatoms. The van der Waals surface area contributed by atoms with Crippen LogP contribution in [0.5, 0.6) is 0 Å². The summed E-state index contributed by atoms with van der Waals surface area (Å²) in [4.78, 5) is 21.4. The predicted octanol–water partition coefficient (Wildman–Crippen LogP) is -0.355. The van der Waals surface area contributed by atoms with Gasteiger partial charge in [-0.1, -0.05) is 0 Å². The van der Waals surface area contributed by atoms with Crippen molar-refractivity contribution in [3.8, 4) is 0 Å². The van der Waals surface area contributed by atoms with Crippen LogP contribution in [0, 0.1) is 16.0 Å². The van der Waals surface area contributed by atoms with Crippen LogP contribution in [-0.2, 0) is 11.3 Å². The summed E-state index contributed by atoms with van der Waals surface area (Å²) in [5.41, 5.74) is 5.71. The molecule has 0 radical (unpaired) electrons. The first-order valence-corrected chi connectivity index (χ1v) is 5.75. The maximum absolute atomic E-state index is 11.5. The molecule has 1 fully saturated rings. The highest BCUT2D eigenvalue weighted by Crippen LogP contribution is 2.31. The Morgan fingerprint density at radius 2 is 2.44 bits per heavy atom. The Kier molecular flexibility index (Phi) is 3.56. The lowest BCUT2D eigenvalue weighted by Gasteiger charge is -2.11. The van der Waals surface area contributed by atoms with Crippen molar-refractivity contribution in [2.75, 3.05) is 6.54 Å². The minimum Gasteiger partial charge on any atom is -0.353 e. The zero-order valence-electron chi connectivity index (χ0n) is 9.78. The van der Waals surface area contributed by atoms with E-state index in [2.05, 4.69) is 10.4 Å². The fraction of sp³-hybridized carbons (Fsp3) is 0.600. The normalized spacial score (nSPS) is 16.3. The molecular weight excluding hydrogens is 238 g/mol. The van der Waals surface area contributed by atoms with Crippen LogP contribution in [-0.4, -0.2) is 33.2 Å². The Hall–Kier alpha value is -1.96. The van der Waals surface area contributed by atoms with Crippen molar-refractivity contribution < 1.29 is 9.72 Å². The van der Waals surface area contributed by atoms with Gasteiger partial charge in [0, 0.05) is 12.6 Å². The fourth-order valence-electron chi connectivity index (χ4n) is 1.66. The number of carbonyl (C=O) groups excluding carboxylic acids is 1. The molecule has 0 bridgehead atoms. The van der Waals surface area contributed by atoms with Crippen LogP contribution >= 0.6 is 0 Å². The fourth-order valence-corrected chi connectivity index (χ4v) is 1.66. The minimum atomic E-state index is -0.551. The van der Waals surface area contributed by atoms with Gasteiger partial charge in [0.1, 0.15) is 18.9 Å². The van der Waals surface area contributed by atoms with E-state index in [1.807, 2.05) is 0 Å². The Morgan fingerprint density at radius 3 is 3.00 bits per heavy atom. The van der Waals surface area contributed by atoms with Gasteiger partial charge in [0.05, 0.1) is 4.92 Å². The van der Waals surface area contributed by atoms with Gasteiger partial charge in [-0.3, -0.25) is 19.6 Å². The molecule has 18 heavy (non-hydrogen) atoms. The maximum Gasteiger partial charge on any atom is 0.307 e. The van der Waals surface area contributed by atoms with Gasteiger partial charge in [0.25, 0.3) is 0 Å². The molecule has 2 rings (SSSR count). The highest BCUT2D eigenvalue weighted by Gasteiger charge is 2.28. The Labute approximate surface area is 103 Å². The van der Waals surface area contributed by atoms with Crippen molar-refractivity contribution in [3.05, 3.63) is 22.5 Å². The number of hydrogen-bond acceptors (Lipinski definition) is 5. The average Bonchev–Trinajstić information content (AvgIpc) is 3.07. The molecule has 0 aromatic carbocycles. The Balaban J connectivity index is 1.77. The molecule has 98 valence electrons. The summed E-state index contributed by atoms with van der Waals surface area (Å²) in [6.45, 7) is 0.401. The number of rotatable bonds is 6. The van der Waals surface area contributed by atoms with Crippen LogP contribution in [0.15, 0.2) is 12.4 Å². The van der Waals surface area contributed by atoms with Crippen LogP contribution in [0.25, 0.3) is 0 Å². The van der Waals surface area contributed by atoms with Crippen molar-refractivity contribution in [1.29, 1.82) is 0 Å². The molecule has 1 saturated carbocycles. The van der Waals surface area contributed by atoms with Gasteiger partial charge in [-0.15, -0.1) is 0 Å². The van der Waals surface area contributed by atoms with Crippen LogP contribution in [0.1, 0.15) is 12.8 Å². The maximum atomic E-state index is 11.5. The topological polar surface area (TPSA) is 116 Å². The van der Waals surface area contributed by atoms with Crippen molar-refractivity contribution in [2.45, 2.75) is 25.4 Å². The number of carbonyl (C=O) groups is 1. The molecule has 0 aliphatic heterocycles. The van der Waals surface area contributed by atoms with Gasteiger partial charge in [0.15, 0.2) is 0 Å². The second kappa shape index (κ2) is 5.13. The van der Waals surface area contributed by atoms with Crippen molar-refractivity contribution >= 4 is 11.6 Å². The lowest BCUT2D eigenvalue weighted by Crippen LogP contribution is -2.39. The third kappa shape index (κ3) is 3.27. The SMILES string of the molecule is NC(CNC(=O)Cn1cc([N+](=O)[O-])cn1)C1CC1. The van der Waals surface area contributed by atoms with Crippen molar-refractivity contribution in [2.24, 2.45) is 11.7 Å². The van der Waals surface area contributed by atoms with Crippen LogP contribution in [0.2, 0.25) is 0 Å². The molecule has 1 unspecified atom stereocenters. The molecule has 1 atom stereocenters. The quantitative estimate of drug-likeness (QED) is 0.530. The van der Waals surface area contributed by atoms with E-state index in [1.165, 1.54) is 10.9 Å². The van der Waals surface area contributed by atoms with Gasteiger partial charge in [0.2, 0.25) is 5.91 Å². The molecule has 0 spiro atoms. The number of amides is 1. The van der Waals surface area contributed by atoms with Crippen LogP contribution in [0.4, 0.5) is 5.69 Å². The summed E-state index contributed by atoms with van der Waals surface area (Å²) in [5.74, 6) is 0.278. The van der Waals surface area contributed by atoms with Gasteiger partial charge in [-0.05, 0) is 18.8 Å². The van der Waals surface area contributed by atoms with E-state index in [0.717, 1.165) is 19.0 Å². The molecular formula is C10H15N5O3. The van der Waals surface area contributed by atoms with E-state index < -0.39 is 4.92 Å². The standard InChI is InChI=1S/C10H15N5O3/c11-9(7-1-2-7)4-12-10(16)6-14-5-8(3-13-14)15(17)18/h3,5,7,9H,1-2,4,6,11H2,(H,12,16). The number of nitrogens with zero attached hydrogens (tertiary/aromatic N) is 3. The van der Waals surface area contributed by atoms with Gasteiger partial charge in [-0.25, -0.2) is 0 Å². The van der Waals surface area contributed by atoms with Crippen molar-refractivity contribution in [1.82, 2.24) is 15.1 Å². The van der Waals surface area contributed by atoms with Crippen LogP contribution in [0.3, 0.4) is 0 Å². The van der Waals surface area contributed by atoms with E-state index in [4.69, 9.17) is 5.73 Å². The summed E-state index contributed by atoms with van der Waals surface area (Å²) in [5, 5.41) is 16.9. The first-order valence-electron chi connectivity index (χ1n) is 5.75. The zero-order valence-corrected chi connectivity index (χ0v) is 9.78. The summed E-state index contributed by atoms with van der Waals surface area (Å²) >= 11 is 0. The van der Waals surface area contributed by atoms with E-state index in [0.29, 0.717) is 12.5 Å². The molecule has 1 aliphatic rings. The largest absolute Gasteiger partial charge is 0.353 e. The smallest absolute Gasteiger partial charge is 0.307 e. The molecule has 1 aromatic heterocycles. The second-order valence-corrected chi connectivity index (χ2v) is 4.46. The number of nitrogens with two attached hydrogens (primary N) is 1. The third-order valence-electron chi connectivity index (χ3n) is 2.90. The molecule has 8 nitrogen and oxygen atoms in total. The highest BCUT2D eigenvalue weighted by molar-refractivity contribution is 5.75. The molecule has 1 aliphatic carbocycles. The highest BCUT2D eigenvalue weighted by atomic mass is 16.6. The first-order chi connectivity index (χ1) is 8.56. The molecule has 3 N–H and O–H groups in total. The van der Waals surface area contributed by atoms with E-state index in [9.17, 15) is 14.9 Å². The van der Waals surface area contributed by atoms with Gasteiger partial charge < -0.3 is 11.1 Å². The zero-order chi connectivity index (χ0) is 13.1.